The van der Waals surface area contributed by atoms with Crippen LogP contribution in [0.5, 0.6) is 0 Å². The van der Waals surface area contributed by atoms with E-state index in [0.29, 0.717) is 0 Å². The molecule has 0 aromatic heterocycles. The Kier molecular flexibility index (Phi) is 2.28. The smallest absolute Gasteiger partial charge is 0.258 e. The third-order valence-corrected chi connectivity index (χ3v) is 2.13. The molecular formula is C10H5ClFNO2. The Hall–Kier alpha value is -1.68. The molecule has 1 aliphatic heterocycles. The molecule has 1 aromatic carbocycles. The lowest BCUT2D eigenvalue weighted by molar-refractivity contribution is -0.119. The summed E-state index contributed by atoms with van der Waals surface area (Å²) < 4.78 is 13.0. The fourth-order valence-corrected chi connectivity index (χ4v) is 1.54. The number of carbonyl (C=O) groups excluding carboxylic acids is 2. The lowest BCUT2D eigenvalue weighted by Crippen LogP contribution is -2.29. The number of amides is 2. The molecule has 0 atom stereocenters. The third kappa shape index (κ3) is 1.76. The molecule has 1 aromatic rings. The van der Waals surface area contributed by atoms with Gasteiger partial charge in [0.25, 0.3) is 11.8 Å². The SMILES string of the molecule is O=C1C=CC(=O)N1c1cc(F)cc(Cl)c1. The first-order valence-electron chi connectivity index (χ1n) is 4.10. The molecule has 0 N–H and O–H groups in total. The van der Waals surface area contributed by atoms with Crippen molar-refractivity contribution >= 4 is 29.1 Å². The number of nitrogens with zero attached hydrogens (tertiary/aromatic N) is 1. The van der Waals surface area contributed by atoms with Crippen LogP contribution in [0.4, 0.5) is 10.1 Å². The zero-order valence-corrected chi connectivity index (χ0v) is 8.16. The van der Waals surface area contributed by atoms with Gasteiger partial charge in [0.05, 0.1) is 5.69 Å². The van der Waals surface area contributed by atoms with Gasteiger partial charge in [-0.15, -0.1) is 0 Å². The van der Waals surface area contributed by atoms with Crippen LogP contribution in [-0.2, 0) is 9.59 Å². The van der Waals surface area contributed by atoms with Gasteiger partial charge in [0.2, 0.25) is 0 Å². The van der Waals surface area contributed by atoms with E-state index in [1.807, 2.05) is 0 Å². The Bertz CT molecular complexity index is 446. The molecule has 0 aliphatic carbocycles. The Labute approximate surface area is 89.7 Å². The first kappa shape index (κ1) is 9.86. The quantitative estimate of drug-likeness (QED) is 0.685. The number of anilines is 1. The summed E-state index contributed by atoms with van der Waals surface area (Å²) in [7, 11) is 0. The molecule has 0 unspecified atom stereocenters. The molecule has 3 nitrogen and oxygen atoms in total. The van der Waals surface area contributed by atoms with E-state index in [2.05, 4.69) is 0 Å². The van der Waals surface area contributed by atoms with E-state index in [1.54, 1.807) is 0 Å². The van der Waals surface area contributed by atoms with Gasteiger partial charge in [-0.1, -0.05) is 11.6 Å². The van der Waals surface area contributed by atoms with Crippen molar-refractivity contribution in [2.24, 2.45) is 0 Å². The van der Waals surface area contributed by atoms with E-state index >= 15 is 0 Å². The summed E-state index contributed by atoms with van der Waals surface area (Å²) in [6.07, 6.45) is 2.25. The molecule has 0 saturated heterocycles. The van der Waals surface area contributed by atoms with Crippen molar-refractivity contribution in [2.75, 3.05) is 4.90 Å². The second kappa shape index (κ2) is 3.47. The monoisotopic (exact) mass is 225 g/mol. The largest absolute Gasteiger partial charge is 0.269 e. The lowest BCUT2D eigenvalue weighted by Gasteiger charge is -2.13. The van der Waals surface area contributed by atoms with Crippen LogP contribution < -0.4 is 4.90 Å². The van der Waals surface area contributed by atoms with Crippen molar-refractivity contribution in [3.05, 3.63) is 41.2 Å². The summed E-state index contributed by atoms with van der Waals surface area (Å²) in [4.78, 5) is 23.4. The van der Waals surface area contributed by atoms with Crippen LogP contribution in [0.25, 0.3) is 0 Å². The van der Waals surface area contributed by atoms with Crippen molar-refractivity contribution in [3.8, 4) is 0 Å². The molecule has 0 fully saturated rings. The summed E-state index contributed by atoms with van der Waals surface area (Å²) in [6, 6.07) is 3.53. The van der Waals surface area contributed by atoms with Gasteiger partial charge in [-0.2, -0.15) is 0 Å². The fraction of sp³-hybridized carbons (Fsp3) is 0. The number of benzene rings is 1. The number of rotatable bonds is 1. The molecule has 1 aliphatic rings. The molecule has 15 heavy (non-hydrogen) atoms. The zero-order valence-electron chi connectivity index (χ0n) is 7.41. The molecule has 5 heteroatoms. The van der Waals surface area contributed by atoms with Crippen molar-refractivity contribution in [1.82, 2.24) is 0 Å². The number of hydrogen-bond acceptors (Lipinski definition) is 2. The molecule has 0 bridgehead atoms. The van der Waals surface area contributed by atoms with Gasteiger partial charge >= 0.3 is 0 Å². The van der Waals surface area contributed by atoms with Gasteiger partial charge in [-0.25, -0.2) is 9.29 Å². The van der Waals surface area contributed by atoms with Gasteiger partial charge in [-0.05, 0) is 18.2 Å². The number of hydrogen-bond donors (Lipinski definition) is 0. The van der Waals surface area contributed by atoms with Crippen LogP contribution in [0.3, 0.4) is 0 Å². The molecular weight excluding hydrogens is 221 g/mol. The maximum Gasteiger partial charge on any atom is 0.258 e. The molecule has 0 spiro atoms. The summed E-state index contributed by atoms with van der Waals surface area (Å²) >= 11 is 5.61. The van der Waals surface area contributed by atoms with Crippen molar-refractivity contribution in [1.29, 1.82) is 0 Å². The first-order valence-corrected chi connectivity index (χ1v) is 4.48. The predicted molar refractivity (Wildman–Crippen MR) is 53.0 cm³/mol. The van der Waals surface area contributed by atoms with Crippen LogP contribution in [0.15, 0.2) is 30.4 Å². The van der Waals surface area contributed by atoms with E-state index in [9.17, 15) is 14.0 Å². The highest BCUT2D eigenvalue weighted by Gasteiger charge is 2.25. The van der Waals surface area contributed by atoms with Gasteiger partial charge in [-0.3, -0.25) is 9.59 Å². The summed E-state index contributed by atoms with van der Waals surface area (Å²) in [6.45, 7) is 0. The zero-order chi connectivity index (χ0) is 11.0. The average Bonchev–Trinajstić information content (AvgIpc) is 2.44. The molecule has 1 heterocycles. The van der Waals surface area contributed by atoms with Crippen LogP contribution in [-0.4, -0.2) is 11.8 Å². The number of halogens is 2. The molecule has 2 amide bonds. The van der Waals surface area contributed by atoms with Crippen LogP contribution in [0, 0.1) is 5.82 Å². The predicted octanol–water partition coefficient (Wildman–Crippen LogP) is 1.91. The van der Waals surface area contributed by atoms with Gasteiger partial charge < -0.3 is 0 Å². The van der Waals surface area contributed by atoms with Crippen LogP contribution in [0.1, 0.15) is 0 Å². The van der Waals surface area contributed by atoms with Crippen molar-refractivity contribution in [2.45, 2.75) is 0 Å². The van der Waals surface area contributed by atoms with Crippen molar-refractivity contribution in [3.63, 3.8) is 0 Å². The Morgan fingerprint density at radius 2 is 1.67 bits per heavy atom. The second-order valence-electron chi connectivity index (χ2n) is 2.97. The fourth-order valence-electron chi connectivity index (χ4n) is 1.32. The topological polar surface area (TPSA) is 37.4 Å². The molecule has 2 rings (SSSR count). The molecule has 0 radical (unpaired) electrons. The van der Waals surface area contributed by atoms with E-state index in [1.165, 1.54) is 6.07 Å². The highest BCUT2D eigenvalue weighted by atomic mass is 35.5. The minimum Gasteiger partial charge on any atom is -0.269 e. The van der Waals surface area contributed by atoms with Crippen LogP contribution >= 0.6 is 11.6 Å². The summed E-state index contributed by atoms with van der Waals surface area (Å²) in [5, 5.41) is 0.137. The van der Waals surface area contributed by atoms with Gasteiger partial charge in [0.1, 0.15) is 5.82 Å². The van der Waals surface area contributed by atoms with E-state index in [-0.39, 0.29) is 10.7 Å². The Morgan fingerprint density at radius 1 is 1.07 bits per heavy atom. The first-order chi connectivity index (χ1) is 7.08. The maximum atomic E-state index is 13.0. The standard InChI is InChI=1S/C10H5ClFNO2/c11-6-3-7(12)5-8(4-6)13-9(14)1-2-10(13)15/h1-5H. The molecule has 0 saturated carbocycles. The third-order valence-electron chi connectivity index (χ3n) is 1.91. The highest BCUT2D eigenvalue weighted by Crippen LogP contribution is 2.24. The molecule has 76 valence electrons. The average molecular weight is 226 g/mol. The van der Waals surface area contributed by atoms with Gasteiger partial charge in [0.15, 0.2) is 0 Å². The highest BCUT2D eigenvalue weighted by molar-refractivity contribution is 6.32. The van der Waals surface area contributed by atoms with Crippen molar-refractivity contribution < 1.29 is 14.0 Å². The maximum absolute atomic E-state index is 13.0. The van der Waals surface area contributed by atoms with E-state index < -0.39 is 17.6 Å². The normalized spacial score (nSPS) is 15.2. The minimum atomic E-state index is -0.593. The van der Waals surface area contributed by atoms with Crippen LogP contribution in [0.2, 0.25) is 5.02 Å². The summed E-state index contributed by atoms with van der Waals surface area (Å²) in [5.41, 5.74) is 0.139. The number of carbonyl (C=O) groups is 2. The Balaban J connectivity index is 2.46. The Morgan fingerprint density at radius 3 is 2.20 bits per heavy atom. The second-order valence-corrected chi connectivity index (χ2v) is 3.41. The van der Waals surface area contributed by atoms with E-state index in [0.717, 1.165) is 29.2 Å². The van der Waals surface area contributed by atoms with E-state index in [4.69, 9.17) is 11.6 Å². The lowest BCUT2D eigenvalue weighted by atomic mass is 10.3. The van der Waals surface area contributed by atoms with Gasteiger partial charge in [0, 0.05) is 17.2 Å². The minimum absolute atomic E-state index is 0.137. The number of imide groups is 1. The summed E-state index contributed by atoms with van der Waals surface area (Å²) in [5.74, 6) is -1.59.